The monoisotopic (exact) mass is 409 g/mol. The second kappa shape index (κ2) is 9.36. The van der Waals surface area contributed by atoms with E-state index in [9.17, 15) is 14.4 Å². The molecule has 154 valence electrons. The van der Waals surface area contributed by atoms with Crippen LogP contribution in [0.25, 0.3) is 0 Å². The third kappa shape index (κ3) is 4.29. The highest BCUT2D eigenvalue weighted by atomic mass is 32.2. The van der Waals surface area contributed by atoms with Crippen molar-refractivity contribution < 1.29 is 23.5 Å². The van der Waals surface area contributed by atoms with E-state index in [1.165, 1.54) is 6.26 Å². The maximum Gasteiger partial charge on any atom is 0.409 e. The molecule has 8 nitrogen and oxygen atoms in total. The summed E-state index contributed by atoms with van der Waals surface area (Å²) in [6.45, 7) is 5.94. The molecule has 28 heavy (non-hydrogen) atoms. The molecule has 2 saturated heterocycles. The van der Waals surface area contributed by atoms with Crippen LogP contribution >= 0.6 is 11.8 Å². The van der Waals surface area contributed by atoms with Gasteiger partial charge in [-0.25, -0.2) is 4.79 Å². The molecule has 0 bridgehead atoms. The van der Waals surface area contributed by atoms with Gasteiger partial charge in [-0.1, -0.05) is 13.3 Å². The molecule has 2 aliphatic rings. The number of ether oxygens (including phenoxy) is 1. The SMILES string of the molecule is CCCC1SCC(C(=O)N2CCN(C(=O)OCC)CC2)N1C(=O)c1ccco1. The van der Waals surface area contributed by atoms with Gasteiger partial charge in [0.15, 0.2) is 5.76 Å². The average molecular weight is 410 g/mol. The number of piperazine rings is 1. The topological polar surface area (TPSA) is 83.3 Å². The Labute approximate surface area is 169 Å². The zero-order valence-corrected chi connectivity index (χ0v) is 17.2. The number of hydrogen-bond acceptors (Lipinski definition) is 6. The van der Waals surface area contributed by atoms with Crippen LogP contribution in [0.3, 0.4) is 0 Å². The summed E-state index contributed by atoms with van der Waals surface area (Å²) in [5, 5.41) is -0.0302. The van der Waals surface area contributed by atoms with E-state index in [1.54, 1.807) is 45.5 Å². The molecule has 2 fully saturated rings. The third-order valence-electron chi connectivity index (χ3n) is 5.00. The molecular weight excluding hydrogens is 382 g/mol. The Morgan fingerprint density at radius 1 is 1.18 bits per heavy atom. The van der Waals surface area contributed by atoms with Crippen molar-refractivity contribution in [1.29, 1.82) is 0 Å². The maximum atomic E-state index is 13.2. The van der Waals surface area contributed by atoms with Crippen LogP contribution in [-0.2, 0) is 9.53 Å². The Morgan fingerprint density at radius 3 is 2.50 bits per heavy atom. The number of furan rings is 1. The van der Waals surface area contributed by atoms with Gasteiger partial charge in [-0.2, -0.15) is 0 Å². The van der Waals surface area contributed by atoms with Crippen molar-refractivity contribution in [3.8, 4) is 0 Å². The molecule has 3 rings (SSSR count). The minimum Gasteiger partial charge on any atom is -0.459 e. The lowest BCUT2D eigenvalue weighted by Crippen LogP contribution is -2.56. The standard InChI is InChI=1S/C19H27N3O5S/c1-3-6-16-22(18(24)15-7-5-12-27-15)14(13-28-16)17(23)20-8-10-21(11-9-20)19(25)26-4-2/h5,7,12,14,16H,3-4,6,8-11,13H2,1-2H3. The lowest BCUT2D eigenvalue weighted by Gasteiger charge is -2.37. The van der Waals surface area contributed by atoms with Gasteiger partial charge in [0.05, 0.1) is 18.2 Å². The molecule has 2 aliphatic heterocycles. The Morgan fingerprint density at radius 2 is 1.89 bits per heavy atom. The molecular formula is C19H27N3O5S. The summed E-state index contributed by atoms with van der Waals surface area (Å²) in [6.07, 6.45) is 2.89. The second-order valence-electron chi connectivity index (χ2n) is 6.79. The van der Waals surface area contributed by atoms with E-state index in [1.807, 2.05) is 0 Å². The van der Waals surface area contributed by atoms with Crippen molar-refractivity contribution in [1.82, 2.24) is 14.7 Å². The van der Waals surface area contributed by atoms with Gasteiger partial charge in [-0.15, -0.1) is 11.8 Å². The smallest absolute Gasteiger partial charge is 0.409 e. The van der Waals surface area contributed by atoms with E-state index >= 15 is 0 Å². The molecule has 3 heterocycles. The first-order valence-corrected chi connectivity index (χ1v) is 10.8. The number of carbonyl (C=O) groups excluding carboxylic acids is 3. The molecule has 9 heteroatoms. The lowest BCUT2D eigenvalue weighted by molar-refractivity contribution is -0.136. The minimum absolute atomic E-state index is 0.0302. The number of hydrogen-bond donors (Lipinski definition) is 0. The highest BCUT2D eigenvalue weighted by Gasteiger charge is 2.44. The summed E-state index contributed by atoms with van der Waals surface area (Å²) in [6, 6.07) is 2.80. The van der Waals surface area contributed by atoms with Gasteiger partial charge in [-0.05, 0) is 25.5 Å². The van der Waals surface area contributed by atoms with E-state index < -0.39 is 6.04 Å². The normalized spacial score (nSPS) is 22.4. The quantitative estimate of drug-likeness (QED) is 0.742. The molecule has 0 N–H and O–H groups in total. The van der Waals surface area contributed by atoms with Crippen molar-refractivity contribution in [3.05, 3.63) is 24.2 Å². The fourth-order valence-electron chi connectivity index (χ4n) is 3.56. The minimum atomic E-state index is -0.506. The van der Waals surface area contributed by atoms with Crippen LogP contribution in [0.2, 0.25) is 0 Å². The van der Waals surface area contributed by atoms with E-state index in [-0.39, 0.29) is 29.0 Å². The number of rotatable bonds is 5. The molecule has 3 amide bonds. The first-order chi connectivity index (χ1) is 13.6. The predicted octanol–water partition coefficient (Wildman–Crippen LogP) is 2.26. The molecule has 0 aliphatic carbocycles. The summed E-state index contributed by atoms with van der Waals surface area (Å²) in [4.78, 5) is 43.1. The average Bonchev–Trinajstić information content (AvgIpc) is 3.38. The third-order valence-corrected chi connectivity index (χ3v) is 6.35. The number of thioether (sulfide) groups is 1. The van der Waals surface area contributed by atoms with Crippen molar-refractivity contribution in [3.63, 3.8) is 0 Å². The van der Waals surface area contributed by atoms with Gasteiger partial charge in [0, 0.05) is 31.9 Å². The fourth-order valence-corrected chi connectivity index (χ4v) is 5.07. The van der Waals surface area contributed by atoms with Crippen molar-refractivity contribution in [2.24, 2.45) is 0 Å². The van der Waals surface area contributed by atoms with Crippen LogP contribution in [0.5, 0.6) is 0 Å². The van der Waals surface area contributed by atoms with E-state index in [0.29, 0.717) is 38.5 Å². The van der Waals surface area contributed by atoms with E-state index in [4.69, 9.17) is 9.15 Å². The van der Waals surface area contributed by atoms with Crippen molar-refractivity contribution in [2.45, 2.75) is 38.1 Å². The largest absolute Gasteiger partial charge is 0.459 e. The van der Waals surface area contributed by atoms with E-state index in [0.717, 1.165) is 12.8 Å². The second-order valence-corrected chi connectivity index (χ2v) is 8.00. The summed E-state index contributed by atoms with van der Waals surface area (Å²) >= 11 is 1.64. The maximum absolute atomic E-state index is 13.2. The number of carbonyl (C=O) groups is 3. The van der Waals surface area contributed by atoms with Crippen LogP contribution in [0.4, 0.5) is 4.79 Å². The van der Waals surface area contributed by atoms with Crippen LogP contribution in [0.1, 0.15) is 37.2 Å². The molecule has 1 aromatic rings. The first kappa shape index (κ1) is 20.6. The van der Waals surface area contributed by atoms with Crippen LogP contribution in [0.15, 0.2) is 22.8 Å². The summed E-state index contributed by atoms with van der Waals surface area (Å²) < 4.78 is 10.3. The lowest BCUT2D eigenvalue weighted by atomic mass is 10.1. The van der Waals surface area contributed by atoms with E-state index in [2.05, 4.69) is 6.92 Å². The van der Waals surface area contributed by atoms with Gasteiger partial charge >= 0.3 is 6.09 Å². The van der Waals surface area contributed by atoms with Crippen LogP contribution < -0.4 is 0 Å². The Hall–Kier alpha value is -2.16. The Balaban J connectivity index is 1.68. The highest BCUT2D eigenvalue weighted by Crippen LogP contribution is 2.34. The van der Waals surface area contributed by atoms with Crippen LogP contribution in [-0.4, -0.2) is 82.6 Å². The molecule has 1 aromatic heterocycles. The molecule has 2 unspecified atom stereocenters. The zero-order chi connectivity index (χ0) is 20.1. The molecule has 0 spiro atoms. The van der Waals surface area contributed by atoms with Gasteiger partial charge in [0.25, 0.3) is 5.91 Å². The molecule has 2 atom stereocenters. The summed E-state index contributed by atoms with van der Waals surface area (Å²) in [5.74, 6) is 0.536. The van der Waals surface area contributed by atoms with Gasteiger partial charge in [-0.3, -0.25) is 9.59 Å². The van der Waals surface area contributed by atoms with Gasteiger partial charge in [0.2, 0.25) is 5.91 Å². The first-order valence-electron chi connectivity index (χ1n) is 9.75. The molecule has 0 saturated carbocycles. The van der Waals surface area contributed by atoms with Gasteiger partial charge < -0.3 is 23.9 Å². The zero-order valence-electron chi connectivity index (χ0n) is 16.3. The van der Waals surface area contributed by atoms with Crippen molar-refractivity contribution in [2.75, 3.05) is 38.5 Å². The molecule has 0 radical (unpaired) electrons. The fraction of sp³-hybridized carbons (Fsp3) is 0.632. The number of amides is 3. The Bertz CT molecular complexity index is 688. The van der Waals surface area contributed by atoms with Crippen molar-refractivity contribution >= 4 is 29.7 Å². The molecule has 0 aromatic carbocycles. The predicted molar refractivity (Wildman–Crippen MR) is 105 cm³/mol. The highest BCUT2D eigenvalue weighted by molar-refractivity contribution is 8.00. The number of nitrogens with zero attached hydrogens (tertiary/aromatic N) is 3. The van der Waals surface area contributed by atoms with Gasteiger partial charge in [0.1, 0.15) is 6.04 Å². The Kier molecular flexibility index (Phi) is 6.88. The van der Waals surface area contributed by atoms with Crippen LogP contribution in [0, 0.1) is 0 Å². The summed E-state index contributed by atoms with van der Waals surface area (Å²) in [7, 11) is 0. The summed E-state index contributed by atoms with van der Waals surface area (Å²) in [5.41, 5.74) is 0.